The lowest BCUT2D eigenvalue weighted by atomic mass is 10.1. The standard InChI is InChI=1S/C11H12N2O4/c14-11(15)10(13(16)17)5-7-6-12-9-4-2-1-3-8(7)9/h1-4,6,10,12,16-17H,5H2,(H,14,15)/t10-/m0/s1. The number of rotatable bonds is 4. The number of nitrogens with one attached hydrogen (secondary N) is 1. The minimum Gasteiger partial charge on any atom is -0.480 e. The zero-order chi connectivity index (χ0) is 12.4. The molecule has 6 nitrogen and oxygen atoms in total. The molecule has 17 heavy (non-hydrogen) atoms. The van der Waals surface area contributed by atoms with Gasteiger partial charge in [0.25, 0.3) is 0 Å². The number of carboxylic acids is 1. The van der Waals surface area contributed by atoms with E-state index in [2.05, 4.69) is 4.98 Å². The van der Waals surface area contributed by atoms with Crippen molar-refractivity contribution < 1.29 is 20.3 Å². The summed E-state index contributed by atoms with van der Waals surface area (Å²) < 4.78 is 0. The van der Waals surface area contributed by atoms with Crippen LogP contribution in [0.4, 0.5) is 0 Å². The minimum absolute atomic E-state index is 0.00630. The van der Waals surface area contributed by atoms with Gasteiger partial charge in [-0.3, -0.25) is 15.2 Å². The molecule has 0 saturated carbocycles. The van der Waals surface area contributed by atoms with Gasteiger partial charge < -0.3 is 10.1 Å². The predicted molar refractivity (Wildman–Crippen MR) is 58.8 cm³/mol. The van der Waals surface area contributed by atoms with Crippen LogP contribution < -0.4 is 0 Å². The van der Waals surface area contributed by atoms with Crippen molar-refractivity contribution in [3.05, 3.63) is 36.0 Å². The van der Waals surface area contributed by atoms with Crippen LogP contribution in [-0.2, 0) is 11.2 Å². The fraction of sp³-hybridized carbons (Fsp3) is 0.182. The maximum absolute atomic E-state index is 10.8. The molecule has 1 aromatic carbocycles. The zero-order valence-electron chi connectivity index (χ0n) is 8.87. The Kier molecular flexibility index (Phi) is 3.10. The van der Waals surface area contributed by atoms with Crippen molar-refractivity contribution in [1.29, 1.82) is 0 Å². The highest BCUT2D eigenvalue weighted by Gasteiger charge is 2.24. The van der Waals surface area contributed by atoms with Gasteiger partial charge in [0.15, 0.2) is 6.04 Å². The lowest BCUT2D eigenvalue weighted by Gasteiger charge is -2.15. The van der Waals surface area contributed by atoms with Gasteiger partial charge >= 0.3 is 5.97 Å². The molecule has 2 aromatic rings. The Morgan fingerprint density at radius 1 is 1.35 bits per heavy atom. The largest absolute Gasteiger partial charge is 0.480 e. The average molecular weight is 236 g/mol. The van der Waals surface area contributed by atoms with Gasteiger partial charge in [-0.2, -0.15) is 0 Å². The number of aliphatic carboxylic acids is 1. The molecular formula is C11H12N2O4. The highest BCUT2D eigenvalue weighted by Crippen LogP contribution is 2.19. The monoisotopic (exact) mass is 236 g/mol. The van der Waals surface area contributed by atoms with Crippen molar-refractivity contribution in [3.8, 4) is 0 Å². The summed E-state index contributed by atoms with van der Waals surface area (Å²) in [5.41, 5.74) is 1.61. The number of aromatic nitrogens is 1. The molecule has 0 saturated heterocycles. The van der Waals surface area contributed by atoms with Crippen LogP contribution in [-0.4, -0.2) is 37.7 Å². The molecule has 1 aromatic heterocycles. The molecule has 0 fully saturated rings. The Hall–Kier alpha value is -1.89. The molecule has 2 rings (SSSR count). The lowest BCUT2D eigenvalue weighted by molar-refractivity contribution is -0.327. The van der Waals surface area contributed by atoms with Gasteiger partial charge in [0.05, 0.1) is 0 Å². The SMILES string of the molecule is O=C(O)[C@H](Cc1c[nH]c2ccccc12)N(O)O. The second kappa shape index (κ2) is 4.54. The Morgan fingerprint density at radius 3 is 2.71 bits per heavy atom. The number of hydroxylamine groups is 2. The van der Waals surface area contributed by atoms with Gasteiger partial charge in [-0.15, -0.1) is 0 Å². The van der Waals surface area contributed by atoms with E-state index in [1.807, 2.05) is 24.3 Å². The smallest absolute Gasteiger partial charge is 0.326 e. The molecule has 90 valence electrons. The van der Waals surface area contributed by atoms with E-state index in [9.17, 15) is 4.79 Å². The summed E-state index contributed by atoms with van der Waals surface area (Å²) in [6, 6.07) is 6.03. The minimum atomic E-state index is -1.38. The van der Waals surface area contributed by atoms with E-state index < -0.39 is 12.0 Å². The van der Waals surface area contributed by atoms with Crippen molar-refractivity contribution in [2.24, 2.45) is 0 Å². The number of fused-ring (bicyclic) bond motifs is 1. The first-order valence-electron chi connectivity index (χ1n) is 5.04. The summed E-state index contributed by atoms with van der Waals surface area (Å²) in [6.45, 7) is 0. The number of benzene rings is 1. The number of H-pyrrole nitrogens is 1. The Morgan fingerprint density at radius 2 is 2.06 bits per heavy atom. The first-order valence-corrected chi connectivity index (χ1v) is 5.04. The number of carbonyl (C=O) groups is 1. The fourth-order valence-electron chi connectivity index (χ4n) is 1.78. The molecule has 0 aliphatic carbocycles. The van der Waals surface area contributed by atoms with Gasteiger partial charge in [-0.25, -0.2) is 0 Å². The summed E-state index contributed by atoms with van der Waals surface area (Å²) in [6.07, 6.45) is 1.68. The number of hydrogen-bond acceptors (Lipinski definition) is 4. The molecule has 0 amide bonds. The molecule has 0 radical (unpaired) electrons. The molecule has 6 heteroatoms. The van der Waals surface area contributed by atoms with Crippen LogP contribution in [0.1, 0.15) is 5.56 Å². The van der Waals surface area contributed by atoms with E-state index in [-0.39, 0.29) is 11.6 Å². The topological polar surface area (TPSA) is 96.8 Å². The molecule has 0 spiro atoms. The average Bonchev–Trinajstić information content (AvgIpc) is 2.68. The number of para-hydroxylation sites is 1. The van der Waals surface area contributed by atoms with Gasteiger partial charge in [-0.1, -0.05) is 23.4 Å². The molecule has 0 unspecified atom stereocenters. The van der Waals surface area contributed by atoms with Gasteiger partial charge in [0.2, 0.25) is 0 Å². The third-order valence-electron chi connectivity index (χ3n) is 2.65. The van der Waals surface area contributed by atoms with E-state index in [0.717, 1.165) is 16.5 Å². The zero-order valence-corrected chi connectivity index (χ0v) is 8.87. The number of hydrogen-bond donors (Lipinski definition) is 4. The van der Waals surface area contributed by atoms with Gasteiger partial charge in [-0.05, 0) is 11.6 Å². The quantitative estimate of drug-likeness (QED) is 0.599. The lowest BCUT2D eigenvalue weighted by Crippen LogP contribution is -2.38. The summed E-state index contributed by atoms with van der Waals surface area (Å²) in [7, 11) is 0. The molecule has 0 bridgehead atoms. The van der Waals surface area contributed by atoms with E-state index in [4.69, 9.17) is 15.5 Å². The van der Waals surface area contributed by atoms with Crippen molar-refractivity contribution in [2.45, 2.75) is 12.5 Å². The van der Waals surface area contributed by atoms with E-state index in [0.29, 0.717) is 0 Å². The fourth-order valence-corrected chi connectivity index (χ4v) is 1.78. The van der Waals surface area contributed by atoms with Gasteiger partial charge in [0, 0.05) is 23.5 Å². The molecule has 1 heterocycles. The summed E-state index contributed by atoms with van der Waals surface area (Å²) >= 11 is 0. The van der Waals surface area contributed by atoms with Crippen LogP contribution in [0.15, 0.2) is 30.5 Å². The highest BCUT2D eigenvalue weighted by molar-refractivity contribution is 5.84. The third-order valence-corrected chi connectivity index (χ3v) is 2.65. The van der Waals surface area contributed by atoms with Crippen molar-refractivity contribution in [1.82, 2.24) is 10.2 Å². The molecule has 4 N–H and O–H groups in total. The number of aromatic amines is 1. The Balaban J connectivity index is 2.31. The van der Waals surface area contributed by atoms with E-state index in [1.54, 1.807) is 6.20 Å². The Bertz CT molecular complexity index is 535. The summed E-state index contributed by atoms with van der Waals surface area (Å²) in [5.74, 6) is -1.29. The van der Waals surface area contributed by atoms with Gasteiger partial charge in [0.1, 0.15) is 0 Å². The first-order chi connectivity index (χ1) is 8.09. The summed E-state index contributed by atoms with van der Waals surface area (Å²) in [4.78, 5) is 13.8. The second-order valence-corrected chi connectivity index (χ2v) is 3.74. The number of carboxylic acid groups (broad SMARTS) is 1. The van der Waals surface area contributed by atoms with Crippen LogP contribution in [0.3, 0.4) is 0 Å². The Labute approximate surface area is 96.6 Å². The normalized spacial score (nSPS) is 13.1. The predicted octanol–water partition coefficient (Wildman–Crippen LogP) is 1.24. The maximum Gasteiger partial charge on any atom is 0.326 e. The van der Waals surface area contributed by atoms with Crippen LogP contribution in [0, 0.1) is 0 Å². The van der Waals surface area contributed by atoms with Crippen LogP contribution in [0.25, 0.3) is 10.9 Å². The molecule has 1 atom stereocenters. The second-order valence-electron chi connectivity index (χ2n) is 3.74. The molecule has 0 aliphatic heterocycles. The van der Waals surface area contributed by atoms with Crippen molar-refractivity contribution in [2.75, 3.05) is 0 Å². The van der Waals surface area contributed by atoms with Crippen molar-refractivity contribution in [3.63, 3.8) is 0 Å². The first kappa shape index (κ1) is 11.6. The number of nitrogens with zero attached hydrogens (tertiary/aromatic N) is 1. The van der Waals surface area contributed by atoms with E-state index in [1.165, 1.54) is 0 Å². The van der Waals surface area contributed by atoms with Crippen LogP contribution >= 0.6 is 0 Å². The van der Waals surface area contributed by atoms with Crippen LogP contribution in [0.5, 0.6) is 0 Å². The molecular weight excluding hydrogens is 224 g/mol. The summed E-state index contributed by atoms with van der Waals surface area (Å²) in [5, 5.41) is 27.1. The van der Waals surface area contributed by atoms with Crippen LogP contribution in [0.2, 0.25) is 0 Å². The maximum atomic E-state index is 10.8. The third kappa shape index (κ3) is 2.28. The molecule has 0 aliphatic rings. The highest BCUT2D eigenvalue weighted by atomic mass is 16.8. The van der Waals surface area contributed by atoms with E-state index >= 15 is 0 Å². The van der Waals surface area contributed by atoms with Crippen molar-refractivity contribution >= 4 is 16.9 Å².